The first-order valence-electron chi connectivity index (χ1n) is 5.81. The Morgan fingerprint density at radius 2 is 1.65 bits per heavy atom. The molecule has 0 aromatic heterocycles. The molecular weight excluding hydrogens is 278 g/mol. The van der Waals surface area contributed by atoms with Gasteiger partial charge in [-0.2, -0.15) is 0 Å². The lowest BCUT2D eigenvalue weighted by molar-refractivity contribution is 0.413. The SMILES string of the molecule is COc1cccc(S(=O)(=O)c2ccc(N)c(OC)c2)c1. The van der Waals surface area contributed by atoms with E-state index in [0.717, 1.165) is 0 Å². The van der Waals surface area contributed by atoms with E-state index >= 15 is 0 Å². The lowest BCUT2D eigenvalue weighted by Gasteiger charge is -2.09. The van der Waals surface area contributed by atoms with Crippen LogP contribution < -0.4 is 15.2 Å². The molecule has 6 heteroatoms. The molecule has 2 aromatic carbocycles. The molecule has 0 spiro atoms. The molecule has 0 aliphatic carbocycles. The summed E-state index contributed by atoms with van der Waals surface area (Å²) in [7, 11) is -0.714. The molecule has 106 valence electrons. The summed E-state index contributed by atoms with van der Waals surface area (Å²) in [4.78, 5) is 0.278. The zero-order valence-electron chi connectivity index (χ0n) is 11.2. The third-order valence-electron chi connectivity index (χ3n) is 2.87. The summed E-state index contributed by atoms with van der Waals surface area (Å²) in [5, 5.41) is 0. The molecule has 20 heavy (non-hydrogen) atoms. The van der Waals surface area contributed by atoms with Crippen molar-refractivity contribution < 1.29 is 17.9 Å². The highest BCUT2D eigenvalue weighted by atomic mass is 32.2. The highest BCUT2D eigenvalue weighted by Gasteiger charge is 2.19. The summed E-state index contributed by atoms with van der Waals surface area (Å²) in [6.45, 7) is 0. The van der Waals surface area contributed by atoms with Crippen LogP contribution in [0.2, 0.25) is 0 Å². The Labute approximate surface area is 117 Å². The summed E-state index contributed by atoms with van der Waals surface area (Å²) in [6, 6.07) is 10.7. The van der Waals surface area contributed by atoms with Crippen LogP contribution in [-0.2, 0) is 9.84 Å². The molecule has 2 N–H and O–H groups in total. The maximum Gasteiger partial charge on any atom is 0.206 e. The largest absolute Gasteiger partial charge is 0.497 e. The van der Waals surface area contributed by atoms with Gasteiger partial charge in [-0.05, 0) is 30.3 Å². The van der Waals surface area contributed by atoms with Crippen LogP contribution in [0.5, 0.6) is 11.5 Å². The van der Waals surface area contributed by atoms with Gasteiger partial charge in [-0.1, -0.05) is 6.07 Å². The first-order valence-corrected chi connectivity index (χ1v) is 7.30. The van der Waals surface area contributed by atoms with E-state index in [1.54, 1.807) is 12.1 Å². The summed E-state index contributed by atoms with van der Waals surface area (Å²) in [5.41, 5.74) is 6.07. The highest BCUT2D eigenvalue weighted by molar-refractivity contribution is 7.91. The number of sulfone groups is 1. The van der Waals surface area contributed by atoms with Crippen molar-refractivity contribution in [1.82, 2.24) is 0 Å². The van der Waals surface area contributed by atoms with E-state index in [1.165, 1.54) is 44.6 Å². The van der Waals surface area contributed by atoms with Crippen molar-refractivity contribution in [2.45, 2.75) is 9.79 Å². The Bertz CT molecular complexity index is 726. The minimum atomic E-state index is -3.64. The van der Waals surface area contributed by atoms with E-state index in [0.29, 0.717) is 17.2 Å². The van der Waals surface area contributed by atoms with Gasteiger partial charge in [-0.15, -0.1) is 0 Å². The van der Waals surface area contributed by atoms with E-state index in [1.807, 2.05) is 0 Å². The van der Waals surface area contributed by atoms with Crippen LogP contribution in [0.4, 0.5) is 5.69 Å². The Kier molecular flexibility index (Phi) is 3.85. The van der Waals surface area contributed by atoms with Gasteiger partial charge in [0.15, 0.2) is 0 Å². The van der Waals surface area contributed by atoms with E-state index in [2.05, 4.69) is 0 Å². The predicted molar refractivity (Wildman–Crippen MR) is 75.9 cm³/mol. The maximum absolute atomic E-state index is 12.5. The number of anilines is 1. The fraction of sp³-hybridized carbons (Fsp3) is 0.143. The van der Waals surface area contributed by atoms with E-state index < -0.39 is 9.84 Å². The van der Waals surface area contributed by atoms with Gasteiger partial charge in [0.2, 0.25) is 9.84 Å². The molecule has 0 aliphatic rings. The lowest BCUT2D eigenvalue weighted by atomic mass is 10.3. The number of hydrogen-bond donors (Lipinski definition) is 1. The van der Waals surface area contributed by atoms with Crippen LogP contribution in [0.1, 0.15) is 0 Å². The van der Waals surface area contributed by atoms with Gasteiger partial charge in [-0.25, -0.2) is 8.42 Å². The smallest absolute Gasteiger partial charge is 0.206 e. The number of hydrogen-bond acceptors (Lipinski definition) is 5. The topological polar surface area (TPSA) is 78.6 Å². The minimum absolute atomic E-state index is 0.122. The van der Waals surface area contributed by atoms with Crippen molar-refractivity contribution in [1.29, 1.82) is 0 Å². The standard InChI is InChI=1S/C14H15NO4S/c1-18-10-4-3-5-11(8-10)20(16,17)12-6-7-13(15)14(9-12)19-2/h3-9H,15H2,1-2H3. The number of benzene rings is 2. The molecule has 0 atom stereocenters. The summed E-state index contributed by atoms with van der Waals surface area (Å²) < 4.78 is 35.1. The van der Waals surface area contributed by atoms with Crippen molar-refractivity contribution in [3.63, 3.8) is 0 Å². The molecule has 0 amide bonds. The molecule has 0 bridgehead atoms. The second-order valence-corrected chi connectivity index (χ2v) is 6.04. The van der Waals surface area contributed by atoms with Crippen molar-refractivity contribution >= 4 is 15.5 Å². The number of rotatable bonds is 4. The maximum atomic E-state index is 12.5. The summed E-state index contributed by atoms with van der Waals surface area (Å²) >= 11 is 0. The van der Waals surface area contributed by atoms with Crippen LogP contribution >= 0.6 is 0 Å². The van der Waals surface area contributed by atoms with Gasteiger partial charge in [-0.3, -0.25) is 0 Å². The molecule has 2 rings (SSSR count). The van der Waals surface area contributed by atoms with Crippen LogP contribution in [0.15, 0.2) is 52.3 Å². The van der Waals surface area contributed by atoms with Crippen LogP contribution in [-0.4, -0.2) is 22.6 Å². The lowest BCUT2D eigenvalue weighted by Crippen LogP contribution is -2.03. The molecule has 0 saturated heterocycles. The molecule has 0 unspecified atom stereocenters. The van der Waals surface area contributed by atoms with Gasteiger partial charge in [0.25, 0.3) is 0 Å². The zero-order valence-corrected chi connectivity index (χ0v) is 12.0. The predicted octanol–water partition coefficient (Wildman–Crippen LogP) is 2.12. The Morgan fingerprint density at radius 1 is 0.950 bits per heavy atom. The van der Waals surface area contributed by atoms with Crippen molar-refractivity contribution in [2.75, 3.05) is 20.0 Å². The highest BCUT2D eigenvalue weighted by Crippen LogP contribution is 2.29. The number of ether oxygens (including phenoxy) is 2. The molecule has 0 radical (unpaired) electrons. The average molecular weight is 293 g/mol. The van der Waals surface area contributed by atoms with E-state index in [4.69, 9.17) is 15.2 Å². The third-order valence-corrected chi connectivity index (χ3v) is 4.62. The van der Waals surface area contributed by atoms with Crippen molar-refractivity contribution in [3.8, 4) is 11.5 Å². The molecule has 5 nitrogen and oxygen atoms in total. The number of methoxy groups -OCH3 is 2. The summed E-state index contributed by atoms with van der Waals surface area (Å²) in [5.74, 6) is 0.808. The molecule has 2 aromatic rings. The fourth-order valence-corrected chi connectivity index (χ4v) is 3.07. The first kappa shape index (κ1) is 14.2. The van der Waals surface area contributed by atoms with Gasteiger partial charge in [0, 0.05) is 6.07 Å². The van der Waals surface area contributed by atoms with E-state index in [-0.39, 0.29) is 9.79 Å². The Morgan fingerprint density at radius 3 is 2.30 bits per heavy atom. The van der Waals surface area contributed by atoms with Crippen molar-refractivity contribution in [2.24, 2.45) is 0 Å². The molecular formula is C14H15NO4S. The Hall–Kier alpha value is -2.21. The fourth-order valence-electron chi connectivity index (χ4n) is 1.76. The third kappa shape index (κ3) is 2.55. The zero-order chi connectivity index (χ0) is 14.8. The second-order valence-electron chi connectivity index (χ2n) is 4.09. The minimum Gasteiger partial charge on any atom is -0.497 e. The molecule has 0 aliphatic heterocycles. The van der Waals surface area contributed by atoms with Crippen LogP contribution in [0.25, 0.3) is 0 Å². The van der Waals surface area contributed by atoms with Crippen LogP contribution in [0.3, 0.4) is 0 Å². The summed E-state index contributed by atoms with van der Waals surface area (Å²) in [6.07, 6.45) is 0. The molecule has 0 fully saturated rings. The molecule has 0 saturated carbocycles. The second kappa shape index (κ2) is 5.42. The first-order chi connectivity index (χ1) is 9.48. The quantitative estimate of drug-likeness (QED) is 0.874. The number of nitrogens with two attached hydrogens (primary N) is 1. The van der Waals surface area contributed by atoms with Gasteiger partial charge >= 0.3 is 0 Å². The van der Waals surface area contributed by atoms with E-state index in [9.17, 15) is 8.42 Å². The normalized spacial score (nSPS) is 11.1. The molecule has 0 heterocycles. The van der Waals surface area contributed by atoms with Gasteiger partial charge in [0.05, 0.1) is 29.7 Å². The monoisotopic (exact) mass is 293 g/mol. The Balaban J connectivity index is 2.54. The van der Waals surface area contributed by atoms with Crippen LogP contribution in [0, 0.1) is 0 Å². The van der Waals surface area contributed by atoms with Crippen molar-refractivity contribution in [3.05, 3.63) is 42.5 Å². The van der Waals surface area contributed by atoms with Gasteiger partial charge in [0.1, 0.15) is 11.5 Å². The van der Waals surface area contributed by atoms with Gasteiger partial charge < -0.3 is 15.2 Å². The average Bonchev–Trinajstić information content (AvgIpc) is 2.47. The number of nitrogen functional groups attached to an aromatic ring is 1.